The lowest BCUT2D eigenvalue weighted by Crippen LogP contribution is -2.86. The normalized spacial score (nSPS) is 11.9. The molecule has 0 saturated carbocycles. The lowest BCUT2D eigenvalue weighted by Gasteiger charge is -2.11. The van der Waals surface area contributed by atoms with Crippen LogP contribution in [0.25, 0.3) is 0 Å². The lowest BCUT2D eigenvalue weighted by molar-refractivity contribution is -0.684. The van der Waals surface area contributed by atoms with Gasteiger partial charge in [-0.15, -0.1) is 11.8 Å². The van der Waals surface area contributed by atoms with Crippen molar-refractivity contribution in [2.24, 2.45) is 5.73 Å². The summed E-state index contributed by atoms with van der Waals surface area (Å²) in [6.07, 6.45) is 1.62. The van der Waals surface area contributed by atoms with Gasteiger partial charge in [0.05, 0.1) is 17.7 Å². The van der Waals surface area contributed by atoms with Crippen molar-refractivity contribution >= 4 is 29.3 Å². The number of nitrogens with two attached hydrogens (primary N) is 2. The molecule has 0 aliphatic rings. The number of thioether (sulfide) groups is 1. The number of anilines is 1. The second-order valence-electron chi connectivity index (χ2n) is 5.04. The molecule has 0 fully saturated rings. The number of furan rings is 1. The van der Waals surface area contributed by atoms with Gasteiger partial charge in [0.25, 0.3) is 5.91 Å². The fourth-order valence-electron chi connectivity index (χ4n) is 2.00. The number of primary amides is 1. The van der Waals surface area contributed by atoms with Gasteiger partial charge < -0.3 is 20.8 Å². The zero-order chi connectivity index (χ0) is 16.7. The van der Waals surface area contributed by atoms with Crippen LogP contribution in [0.5, 0.6) is 0 Å². The minimum absolute atomic E-state index is 0.0650. The minimum atomic E-state index is -0.392. The molecule has 0 spiro atoms. The van der Waals surface area contributed by atoms with Crippen LogP contribution in [0.15, 0.2) is 52.0 Å². The number of benzene rings is 1. The van der Waals surface area contributed by atoms with Crippen molar-refractivity contribution in [3.63, 3.8) is 0 Å². The number of carbonyl (C=O) groups excluding carboxylic acids is 2. The molecule has 0 aliphatic carbocycles. The highest BCUT2D eigenvalue weighted by atomic mass is 32.2. The van der Waals surface area contributed by atoms with Gasteiger partial charge in [-0.25, -0.2) is 0 Å². The maximum atomic E-state index is 12.1. The predicted molar refractivity (Wildman–Crippen MR) is 88.9 cm³/mol. The number of hydrogen-bond donors (Lipinski definition) is 3. The van der Waals surface area contributed by atoms with Crippen LogP contribution in [0, 0.1) is 0 Å². The molecule has 1 aromatic carbocycles. The van der Waals surface area contributed by atoms with E-state index in [9.17, 15) is 9.59 Å². The molecule has 0 bridgehead atoms. The summed E-state index contributed by atoms with van der Waals surface area (Å²) in [4.78, 5) is 23.8. The maximum absolute atomic E-state index is 12.1. The standard InChI is InChI=1S/C16H19N3O3S/c1-11(13-6-4-8-22-13)18-9-16(21)19-12-5-2-3-7-14(12)23-10-15(17)20/h2-8,11,18H,9-10H2,1H3,(H2,17,20)(H,19,21)/p+1/t11-/m0/s1. The van der Waals surface area contributed by atoms with E-state index >= 15 is 0 Å². The van der Waals surface area contributed by atoms with E-state index in [2.05, 4.69) is 5.32 Å². The Morgan fingerprint density at radius 1 is 1.30 bits per heavy atom. The maximum Gasteiger partial charge on any atom is 0.279 e. The fraction of sp³-hybridized carbons (Fsp3) is 0.250. The Bertz CT molecular complexity index is 658. The van der Waals surface area contributed by atoms with Crippen molar-refractivity contribution in [3.8, 4) is 0 Å². The van der Waals surface area contributed by atoms with Crippen LogP contribution in [0.4, 0.5) is 5.69 Å². The van der Waals surface area contributed by atoms with Gasteiger partial charge in [-0.2, -0.15) is 0 Å². The number of hydrogen-bond acceptors (Lipinski definition) is 4. The van der Waals surface area contributed by atoms with Crippen molar-refractivity contribution in [2.45, 2.75) is 17.9 Å². The predicted octanol–water partition coefficient (Wildman–Crippen LogP) is 1.12. The van der Waals surface area contributed by atoms with E-state index in [0.717, 1.165) is 10.7 Å². The van der Waals surface area contributed by atoms with Gasteiger partial charge in [-0.05, 0) is 31.2 Å². The fourth-order valence-corrected chi connectivity index (χ4v) is 2.74. The topological polar surface area (TPSA) is 102 Å². The monoisotopic (exact) mass is 334 g/mol. The van der Waals surface area contributed by atoms with Gasteiger partial charge in [0.15, 0.2) is 12.3 Å². The molecule has 0 aliphatic heterocycles. The number of rotatable bonds is 8. The third kappa shape index (κ3) is 5.46. The van der Waals surface area contributed by atoms with Crippen molar-refractivity contribution in [3.05, 3.63) is 48.4 Å². The molecule has 7 heteroatoms. The number of nitrogens with one attached hydrogen (secondary N) is 1. The number of carbonyl (C=O) groups is 2. The minimum Gasteiger partial charge on any atom is -0.463 e. The van der Waals surface area contributed by atoms with E-state index < -0.39 is 5.91 Å². The van der Waals surface area contributed by atoms with Gasteiger partial charge in [-0.3, -0.25) is 9.59 Å². The van der Waals surface area contributed by atoms with Crippen LogP contribution < -0.4 is 16.4 Å². The summed E-state index contributed by atoms with van der Waals surface area (Å²) in [5.41, 5.74) is 5.84. The van der Waals surface area contributed by atoms with Gasteiger partial charge >= 0.3 is 0 Å². The molecule has 1 heterocycles. The molecule has 6 nitrogen and oxygen atoms in total. The highest BCUT2D eigenvalue weighted by molar-refractivity contribution is 8.00. The quantitative estimate of drug-likeness (QED) is 0.630. The molecule has 0 radical (unpaired) electrons. The smallest absolute Gasteiger partial charge is 0.279 e. The SMILES string of the molecule is C[C@H]([NH2+]CC(=O)Nc1ccccc1SCC(N)=O)c1ccco1. The number of amides is 2. The largest absolute Gasteiger partial charge is 0.463 e. The summed E-state index contributed by atoms with van der Waals surface area (Å²) < 4.78 is 5.31. The summed E-state index contributed by atoms with van der Waals surface area (Å²) in [5.74, 6) is 0.497. The third-order valence-corrected chi connectivity index (χ3v) is 4.28. The first-order valence-electron chi connectivity index (χ1n) is 7.23. The van der Waals surface area contributed by atoms with E-state index in [4.69, 9.17) is 10.2 Å². The molecule has 2 aromatic rings. The van der Waals surface area contributed by atoms with Crippen molar-refractivity contribution in [2.75, 3.05) is 17.6 Å². The molecule has 1 atom stereocenters. The molecule has 0 saturated heterocycles. The van der Waals surface area contributed by atoms with Crippen LogP contribution in [-0.4, -0.2) is 24.1 Å². The van der Waals surface area contributed by atoms with Crippen molar-refractivity contribution < 1.29 is 19.3 Å². The Morgan fingerprint density at radius 2 is 2.09 bits per heavy atom. The summed E-state index contributed by atoms with van der Waals surface area (Å²) in [6, 6.07) is 11.1. The first-order chi connectivity index (χ1) is 11.1. The second kappa shape index (κ2) is 8.40. The zero-order valence-electron chi connectivity index (χ0n) is 12.8. The Labute approximate surface area is 138 Å². The highest BCUT2D eigenvalue weighted by Gasteiger charge is 2.14. The van der Waals surface area contributed by atoms with Gasteiger partial charge in [0.1, 0.15) is 6.04 Å². The van der Waals surface area contributed by atoms with Crippen LogP contribution in [0.1, 0.15) is 18.7 Å². The molecular weight excluding hydrogens is 314 g/mol. The Hall–Kier alpha value is -2.25. The van der Waals surface area contributed by atoms with Gasteiger partial charge in [0.2, 0.25) is 5.91 Å². The average Bonchev–Trinajstić information content (AvgIpc) is 3.06. The summed E-state index contributed by atoms with van der Waals surface area (Å²) in [6.45, 7) is 2.25. The van der Waals surface area contributed by atoms with Crippen LogP contribution in [0.3, 0.4) is 0 Å². The van der Waals surface area contributed by atoms with E-state index in [-0.39, 0.29) is 24.2 Å². The van der Waals surface area contributed by atoms with Gasteiger partial charge in [-0.1, -0.05) is 12.1 Å². The lowest BCUT2D eigenvalue weighted by atomic mass is 10.2. The molecular formula is C16H20N3O3S+. The average molecular weight is 334 g/mol. The summed E-state index contributed by atoms with van der Waals surface area (Å²) in [5, 5.41) is 4.76. The second-order valence-corrected chi connectivity index (χ2v) is 6.06. The molecule has 2 rings (SSSR count). The first kappa shape index (κ1) is 17.1. The molecule has 5 N–H and O–H groups in total. The summed E-state index contributed by atoms with van der Waals surface area (Å²) in [7, 11) is 0. The summed E-state index contributed by atoms with van der Waals surface area (Å²) >= 11 is 1.31. The molecule has 23 heavy (non-hydrogen) atoms. The van der Waals surface area contributed by atoms with E-state index in [1.165, 1.54) is 11.8 Å². The molecule has 122 valence electrons. The van der Waals surface area contributed by atoms with Crippen LogP contribution in [0.2, 0.25) is 0 Å². The molecule has 0 unspecified atom stereocenters. The zero-order valence-corrected chi connectivity index (χ0v) is 13.6. The third-order valence-electron chi connectivity index (χ3n) is 3.18. The Kier molecular flexibility index (Phi) is 6.25. The van der Waals surface area contributed by atoms with E-state index in [1.54, 1.807) is 12.3 Å². The van der Waals surface area contributed by atoms with E-state index in [1.807, 2.05) is 42.6 Å². The molecule has 2 amide bonds. The van der Waals surface area contributed by atoms with Gasteiger partial charge in [0, 0.05) is 4.90 Å². The van der Waals surface area contributed by atoms with Crippen LogP contribution in [-0.2, 0) is 9.59 Å². The van der Waals surface area contributed by atoms with Crippen molar-refractivity contribution in [1.29, 1.82) is 0 Å². The van der Waals surface area contributed by atoms with E-state index in [0.29, 0.717) is 5.69 Å². The first-order valence-corrected chi connectivity index (χ1v) is 8.21. The highest BCUT2D eigenvalue weighted by Crippen LogP contribution is 2.26. The number of quaternary nitrogens is 1. The Balaban J connectivity index is 1.88. The Morgan fingerprint density at radius 3 is 2.78 bits per heavy atom. The molecule has 1 aromatic heterocycles. The number of para-hydroxylation sites is 1. The van der Waals surface area contributed by atoms with Crippen LogP contribution >= 0.6 is 11.8 Å². The van der Waals surface area contributed by atoms with Crippen molar-refractivity contribution in [1.82, 2.24) is 0 Å².